The number of hydrogen-bond acceptors (Lipinski definition) is 4. The maximum absolute atomic E-state index is 13.1. The molecular weight excluding hydrogens is 348 g/mol. The van der Waals surface area contributed by atoms with Gasteiger partial charge in [0, 0.05) is 11.8 Å². The fraction of sp³-hybridized carbons (Fsp3) is 0.400. The van der Waals surface area contributed by atoms with Gasteiger partial charge < -0.3 is 0 Å². The lowest BCUT2D eigenvalue weighted by Gasteiger charge is -2.25. The Balaban J connectivity index is 1.73. The summed E-state index contributed by atoms with van der Waals surface area (Å²) in [6.07, 6.45) is 5.89. The van der Waals surface area contributed by atoms with Crippen LogP contribution in [0.25, 0.3) is 10.2 Å². The standard InChI is InChI=1S/C20H22N2OS2/c1-14-7-5-6-8-15(14)13-25-20-21-17-11-12-24-18(17)19(23)22(20)16-9-3-2-4-10-16/h5-8,11-12,16H,2-4,9-10,13H2,1H3. The third-order valence-electron chi connectivity index (χ3n) is 5.04. The van der Waals surface area contributed by atoms with Crippen molar-refractivity contribution in [3.8, 4) is 0 Å². The van der Waals surface area contributed by atoms with Crippen LogP contribution < -0.4 is 5.56 Å². The Kier molecular flexibility index (Phi) is 4.95. The predicted octanol–water partition coefficient (Wildman–Crippen LogP) is 5.56. The zero-order valence-corrected chi connectivity index (χ0v) is 16.0. The molecule has 1 aliphatic carbocycles. The molecule has 0 saturated heterocycles. The Labute approximate surface area is 156 Å². The fourth-order valence-electron chi connectivity index (χ4n) is 3.58. The van der Waals surface area contributed by atoms with E-state index in [-0.39, 0.29) is 5.56 Å². The second kappa shape index (κ2) is 7.34. The predicted molar refractivity (Wildman–Crippen MR) is 107 cm³/mol. The molecule has 0 N–H and O–H groups in total. The van der Waals surface area contributed by atoms with E-state index in [9.17, 15) is 4.79 Å². The molecule has 3 nitrogen and oxygen atoms in total. The molecule has 0 amide bonds. The maximum atomic E-state index is 13.1. The van der Waals surface area contributed by atoms with Crippen LogP contribution >= 0.6 is 23.1 Å². The highest BCUT2D eigenvalue weighted by molar-refractivity contribution is 7.98. The molecule has 25 heavy (non-hydrogen) atoms. The summed E-state index contributed by atoms with van der Waals surface area (Å²) in [5, 5.41) is 2.85. The quantitative estimate of drug-likeness (QED) is 0.445. The van der Waals surface area contributed by atoms with Crippen molar-refractivity contribution in [2.24, 2.45) is 0 Å². The van der Waals surface area contributed by atoms with Gasteiger partial charge in [-0.25, -0.2) is 4.98 Å². The van der Waals surface area contributed by atoms with Crippen molar-refractivity contribution in [1.82, 2.24) is 9.55 Å². The maximum Gasteiger partial charge on any atom is 0.272 e. The summed E-state index contributed by atoms with van der Waals surface area (Å²) in [7, 11) is 0. The lowest BCUT2D eigenvalue weighted by Crippen LogP contribution is -2.28. The van der Waals surface area contributed by atoms with E-state index in [0.29, 0.717) is 6.04 Å². The number of hydrogen-bond donors (Lipinski definition) is 0. The molecule has 0 radical (unpaired) electrons. The van der Waals surface area contributed by atoms with E-state index in [1.54, 1.807) is 11.8 Å². The Morgan fingerprint density at radius 2 is 2.00 bits per heavy atom. The van der Waals surface area contributed by atoms with Crippen molar-refractivity contribution in [2.75, 3.05) is 0 Å². The number of fused-ring (bicyclic) bond motifs is 1. The van der Waals surface area contributed by atoms with E-state index in [1.165, 1.54) is 41.7 Å². The molecule has 0 atom stereocenters. The summed E-state index contributed by atoms with van der Waals surface area (Å²) >= 11 is 3.21. The minimum absolute atomic E-state index is 0.152. The molecule has 1 aromatic carbocycles. The molecule has 130 valence electrons. The minimum atomic E-state index is 0.152. The zero-order valence-electron chi connectivity index (χ0n) is 14.4. The van der Waals surface area contributed by atoms with E-state index >= 15 is 0 Å². The van der Waals surface area contributed by atoms with Crippen LogP contribution in [0.4, 0.5) is 0 Å². The molecular formula is C20H22N2OS2. The van der Waals surface area contributed by atoms with Crippen LogP contribution in [-0.2, 0) is 5.75 Å². The fourth-order valence-corrected chi connectivity index (χ4v) is 5.49. The second-order valence-corrected chi connectivity index (χ2v) is 8.57. The van der Waals surface area contributed by atoms with Crippen LogP contribution in [0.1, 0.15) is 49.3 Å². The first-order valence-corrected chi connectivity index (χ1v) is 10.8. The summed E-state index contributed by atoms with van der Waals surface area (Å²) in [5.74, 6) is 0.849. The van der Waals surface area contributed by atoms with Gasteiger partial charge in [0.15, 0.2) is 5.16 Å². The number of aryl methyl sites for hydroxylation is 1. The SMILES string of the molecule is Cc1ccccc1CSc1nc2ccsc2c(=O)n1C1CCCCC1. The van der Waals surface area contributed by atoms with Gasteiger partial charge in [0.2, 0.25) is 0 Å². The van der Waals surface area contributed by atoms with E-state index < -0.39 is 0 Å². The summed E-state index contributed by atoms with van der Waals surface area (Å²) in [6, 6.07) is 10.7. The Bertz CT molecular complexity index is 938. The molecule has 5 heteroatoms. The van der Waals surface area contributed by atoms with Gasteiger partial charge in [0.1, 0.15) is 4.70 Å². The first kappa shape index (κ1) is 16.9. The van der Waals surface area contributed by atoms with Crippen LogP contribution in [-0.4, -0.2) is 9.55 Å². The van der Waals surface area contributed by atoms with Gasteiger partial charge in [-0.3, -0.25) is 9.36 Å². The molecule has 1 aliphatic rings. The summed E-state index contributed by atoms with van der Waals surface area (Å²) in [6.45, 7) is 2.14. The molecule has 0 unspecified atom stereocenters. The number of thioether (sulfide) groups is 1. The molecule has 0 spiro atoms. The molecule has 0 bridgehead atoms. The average molecular weight is 371 g/mol. The molecule has 1 fully saturated rings. The van der Waals surface area contributed by atoms with Crippen LogP contribution in [0, 0.1) is 6.92 Å². The Morgan fingerprint density at radius 3 is 2.80 bits per heavy atom. The van der Waals surface area contributed by atoms with Crippen molar-refractivity contribution >= 4 is 33.3 Å². The van der Waals surface area contributed by atoms with Gasteiger partial charge >= 0.3 is 0 Å². The first-order chi connectivity index (χ1) is 12.2. The van der Waals surface area contributed by atoms with E-state index in [4.69, 9.17) is 4.98 Å². The van der Waals surface area contributed by atoms with Gasteiger partial charge in [0.05, 0.1) is 5.52 Å². The lowest BCUT2D eigenvalue weighted by atomic mass is 9.95. The van der Waals surface area contributed by atoms with Gasteiger partial charge in [0.25, 0.3) is 5.56 Å². The molecule has 2 aromatic heterocycles. The molecule has 0 aliphatic heterocycles. The van der Waals surface area contributed by atoms with Crippen molar-refractivity contribution in [3.63, 3.8) is 0 Å². The Hall–Kier alpha value is -1.59. The average Bonchev–Trinajstić information content (AvgIpc) is 3.11. The topological polar surface area (TPSA) is 34.9 Å². The first-order valence-electron chi connectivity index (χ1n) is 8.91. The van der Waals surface area contributed by atoms with Gasteiger partial charge in [-0.1, -0.05) is 55.3 Å². The van der Waals surface area contributed by atoms with Crippen LogP contribution in [0.5, 0.6) is 0 Å². The highest BCUT2D eigenvalue weighted by atomic mass is 32.2. The van der Waals surface area contributed by atoms with E-state index in [2.05, 4.69) is 31.2 Å². The summed E-state index contributed by atoms with van der Waals surface area (Å²) < 4.78 is 2.80. The molecule has 3 aromatic rings. The van der Waals surface area contributed by atoms with E-state index in [1.807, 2.05) is 16.0 Å². The highest BCUT2D eigenvalue weighted by Crippen LogP contribution is 2.33. The smallest absolute Gasteiger partial charge is 0.272 e. The van der Waals surface area contributed by atoms with Gasteiger partial charge in [-0.05, 0) is 42.3 Å². The van der Waals surface area contributed by atoms with Crippen LogP contribution in [0.15, 0.2) is 45.7 Å². The van der Waals surface area contributed by atoms with Crippen LogP contribution in [0.2, 0.25) is 0 Å². The van der Waals surface area contributed by atoms with Crippen molar-refractivity contribution in [3.05, 3.63) is 57.2 Å². The third-order valence-corrected chi connectivity index (χ3v) is 6.93. The number of nitrogens with zero attached hydrogens (tertiary/aromatic N) is 2. The largest absolute Gasteiger partial charge is 0.283 e. The summed E-state index contributed by atoms with van der Waals surface area (Å²) in [5.41, 5.74) is 3.59. The summed E-state index contributed by atoms with van der Waals surface area (Å²) in [4.78, 5) is 18.0. The van der Waals surface area contributed by atoms with Crippen molar-refractivity contribution in [1.29, 1.82) is 0 Å². The zero-order chi connectivity index (χ0) is 17.2. The number of thiophene rings is 1. The highest BCUT2D eigenvalue weighted by Gasteiger charge is 2.22. The Morgan fingerprint density at radius 1 is 1.20 bits per heavy atom. The van der Waals surface area contributed by atoms with E-state index in [0.717, 1.165) is 34.0 Å². The monoisotopic (exact) mass is 370 g/mol. The molecule has 4 rings (SSSR count). The molecule has 1 saturated carbocycles. The van der Waals surface area contributed by atoms with Crippen molar-refractivity contribution in [2.45, 2.75) is 56.0 Å². The third kappa shape index (κ3) is 3.40. The van der Waals surface area contributed by atoms with Crippen molar-refractivity contribution < 1.29 is 0 Å². The second-order valence-electron chi connectivity index (χ2n) is 6.71. The molecule has 2 heterocycles. The number of benzene rings is 1. The minimum Gasteiger partial charge on any atom is -0.283 e. The number of rotatable bonds is 4. The van der Waals surface area contributed by atoms with Crippen LogP contribution in [0.3, 0.4) is 0 Å². The normalized spacial score (nSPS) is 15.7. The van der Waals surface area contributed by atoms with Gasteiger partial charge in [-0.2, -0.15) is 0 Å². The lowest BCUT2D eigenvalue weighted by molar-refractivity contribution is 0.326. The number of aromatic nitrogens is 2. The van der Waals surface area contributed by atoms with Gasteiger partial charge in [-0.15, -0.1) is 11.3 Å².